The number of nitrogens with zero attached hydrogens (tertiary/aromatic N) is 1. The Morgan fingerprint density at radius 1 is 1.18 bits per heavy atom. The van der Waals surface area contributed by atoms with E-state index in [2.05, 4.69) is 10.2 Å². The Kier molecular flexibility index (Phi) is 5.56. The van der Waals surface area contributed by atoms with Crippen molar-refractivity contribution in [2.24, 2.45) is 0 Å². The Balaban J connectivity index is 0.00000176. The number of nitrogens with one attached hydrogen (secondary N) is 1. The van der Waals surface area contributed by atoms with E-state index in [-0.39, 0.29) is 18.0 Å². The molecule has 0 amide bonds. The van der Waals surface area contributed by atoms with Crippen LogP contribution in [0.2, 0.25) is 0 Å². The number of aryl methyl sites for hydroxylation is 1. The van der Waals surface area contributed by atoms with Crippen LogP contribution < -0.4 is 5.32 Å². The molecule has 1 saturated heterocycles. The second-order valence-electron chi connectivity index (χ2n) is 5.30. The molecule has 1 fully saturated rings. The number of hydrogen-bond acceptors (Lipinski definition) is 3. The third kappa shape index (κ3) is 3.16. The van der Waals surface area contributed by atoms with Crippen molar-refractivity contribution in [3.8, 4) is 0 Å². The number of furan rings is 1. The van der Waals surface area contributed by atoms with E-state index in [4.69, 9.17) is 4.42 Å². The molecule has 2 heterocycles. The molecule has 1 aliphatic rings. The largest absolute Gasteiger partial charge is 0.467 e. The molecular formula is C16H19ClF2N2O. The summed E-state index contributed by atoms with van der Waals surface area (Å²) < 4.78 is 34.3. The SMILES string of the molecule is Cc1ccc(F)c([C@H](c2ccco2)N2CCNCC2)c1F.Cl. The van der Waals surface area contributed by atoms with Gasteiger partial charge in [0.05, 0.1) is 12.3 Å². The molecule has 0 saturated carbocycles. The summed E-state index contributed by atoms with van der Waals surface area (Å²) in [4.78, 5) is 2.05. The lowest BCUT2D eigenvalue weighted by Gasteiger charge is -2.34. The molecule has 1 aromatic carbocycles. The number of hydrogen-bond donors (Lipinski definition) is 1. The molecule has 0 unspecified atom stereocenters. The third-order valence-electron chi connectivity index (χ3n) is 3.92. The Hall–Kier alpha value is -1.43. The van der Waals surface area contributed by atoms with Gasteiger partial charge >= 0.3 is 0 Å². The van der Waals surface area contributed by atoms with E-state index < -0.39 is 17.7 Å². The standard InChI is InChI=1S/C16H18F2N2O.ClH/c1-11-4-5-12(17)14(15(11)18)16(13-3-2-10-21-13)20-8-6-19-7-9-20;/h2-5,10,16,19H,6-9H2,1H3;1H/t16-;/m0./s1. The molecule has 0 aliphatic carbocycles. The van der Waals surface area contributed by atoms with Gasteiger partial charge in [-0.25, -0.2) is 8.78 Å². The Bertz CT molecular complexity index is 613. The van der Waals surface area contributed by atoms with E-state index in [9.17, 15) is 8.78 Å². The molecule has 120 valence electrons. The van der Waals surface area contributed by atoms with Crippen molar-refractivity contribution in [2.75, 3.05) is 26.2 Å². The van der Waals surface area contributed by atoms with E-state index >= 15 is 0 Å². The van der Waals surface area contributed by atoms with Crippen LogP contribution in [-0.4, -0.2) is 31.1 Å². The topological polar surface area (TPSA) is 28.4 Å². The Labute approximate surface area is 134 Å². The fourth-order valence-electron chi connectivity index (χ4n) is 2.82. The molecule has 2 aromatic rings. The molecule has 1 N–H and O–H groups in total. The van der Waals surface area contributed by atoms with Crippen LogP contribution in [-0.2, 0) is 0 Å². The number of piperazine rings is 1. The molecular weight excluding hydrogens is 310 g/mol. The molecule has 0 spiro atoms. The van der Waals surface area contributed by atoms with Crippen molar-refractivity contribution in [2.45, 2.75) is 13.0 Å². The summed E-state index contributed by atoms with van der Waals surface area (Å²) >= 11 is 0. The summed E-state index contributed by atoms with van der Waals surface area (Å²) in [6.07, 6.45) is 1.54. The quantitative estimate of drug-likeness (QED) is 0.937. The molecule has 6 heteroatoms. The van der Waals surface area contributed by atoms with Crippen LogP contribution in [0.25, 0.3) is 0 Å². The van der Waals surface area contributed by atoms with Gasteiger partial charge in [-0.3, -0.25) is 4.90 Å². The molecule has 1 aromatic heterocycles. The van der Waals surface area contributed by atoms with E-state index in [1.165, 1.54) is 18.4 Å². The molecule has 1 aliphatic heterocycles. The minimum Gasteiger partial charge on any atom is -0.467 e. The summed E-state index contributed by atoms with van der Waals surface area (Å²) in [5.41, 5.74) is 0.518. The maximum Gasteiger partial charge on any atom is 0.134 e. The minimum absolute atomic E-state index is 0. The Morgan fingerprint density at radius 2 is 1.91 bits per heavy atom. The fraction of sp³-hybridized carbons (Fsp3) is 0.375. The van der Waals surface area contributed by atoms with Gasteiger partial charge in [0.1, 0.15) is 17.4 Å². The smallest absolute Gasteiger partial charge is 0.134 e. The second kappa shape index (κ2) is 7.22. The molecule has 3 rings (SSSR count). The zero-order valence-electron chi connectivity index (χ0n) is 12.3. The highest BCUT2D eigenvalue weighted by Gasteiger charge is 2.31. The lowest BCUT2D eigenvalue weighted by Crippen LogP contribution is -2.45. The van der Waals surface area contributed by atoms with Gasteiger partial charge in [0.25, 0.3) is 0 Å². The van der Waals surface area contributed by atoms with Crippen molar-refractivity contribution < 1.29 is 13.2 Å². The highest BCUT2D eigenvalue weighted by atomic mass is 35.5. The van der Waals surface area contributed by atoms with Crippen molar-refractivity contribution in [3.05, 3.63) is 59.1 Å². The van der Waals surface area contributed by atoms with Crippen LogP contribution in [0, 0.1) is 18.6 Å². The van der Waals surface area contributed by atoms with Gasteiger partial charge in [0.15, 0.2) is 0 Å². The zero-order valence-corrected chi connectivity index (χ0v) is 13.1. The third-order valence-corrected chi connectivity index (χ3v) is 3.92. The van der Waals surface area contributed by atoms with Gasteiger partial charge in [0, 0.05) is 31.7 Å². The maximum atomic E-state index is 14.5. The van der Waals surface area contributed by atoms with Crippen molar-refractivity contribution in [1.29, 1.82) is 0 Å². The first kappa shape index (κ1) is 16.9. The maximum absolute atomic E-state index is 14.5. The Morgan fingerprint density at radius 3 is 2.55 bits per heavy atom. The van der Waals surface area contributed by atoms with Crippen molar-refractivity contribution in [3.63, 3.8) is 0 Å². The van der Waals surface area contributed by atoms with Crippen LogP contribution in [0.1, 0.15) is 22.9 Å². The fourth-order valence-corrected chi connectivity index (χ4v) is 2.82. The normalized spacial score (nSPS) is 17.0. The highest BCUT2D eigenvalue weighted by molar-refractivity contribution is 5.85. The second-order valence-corrected chi connectivity index (χ2v) is 5.30. The summed E-state index contributed by atoms with van der Waals surface area (Å²) in [7, 11) is 0. The van der Waals surface area contributed by atoms with E-state index in [1.807, 2.05) is 0 Å². The van der Waals surface area contributed by atoms with Crippen LogP contribution in [0.3, 0.4) is 0 Å². The lowest BCUT2D eigenvalue weighted by molar-refractivity contribution is 0.173. The minimum atomic E-state index is -0.530. The molecule has 22 heavy (non-hydrogen) atoms. The van der Waals surface area contributed by atoms with E-state index in [0.717, 1.165) is 26.2 Å². The van der Waals surface area contributed by atoms with Gasteiger partial charge in [-0.15, -0.1) is 12.4 Å². The van der Waals surface area contributed by atoms with Crippen LogP contribution in [0.15, 0.2) is 34.9 Å². The summed E-state index contributed by atoms with van der Waals surface area (Å²) in [5, 5.41) is 3.25. The van der Waals surface area contributed by atoms with Crippen LogP contribution in [0.4, 0.5) is 8.78 Å². The number of benzene rings is 1. The highest BCUT2D eigenvalue weighted by Crippen LogP contribution is 2.33. The average molecular weight is 329 g/mol. The van der Waals surface area contributed by atoms with Gasteiger partial charge in [-0.2, -0.15) is 0 Å². The summed E-state index contributed by atoms with van der Waals surface area (Å²) in [5.74, 6) is -0.451. The van der Waals surface area contributed by atoms with E-state index in [1.54, 1.807) is 19.1 Å². The first-order valence-corrected chi connectivity index (χ1v) is 7.11. The van der Waals surface area contributed by atoms with Gasteiger partial charge < -0.3 is 9.73 Å². The predicted molar refractivity (Wildman–Crippen MR) is 83.3 cm³/mol. The zero-order chi connectivity index (χ0) is 14.8. The predicted octanol–water partition coefficient (Wildman–Crippen LogP) is 3.28. The van der Waals surface area contributed by atoms with Crippen LogP contribution in [0.5, 0.6) is 0 Å². The van der Waals surface area contributed by atoms with E-state index in [0.29, 0.717) is 11.3 Å². The van der Waals surface area contributed by atoms with Crippen LogP contribution >= 0.6 is 12.4 Å². The summed E-state index contributed by atoms with van der Waals surface area (Å²) in [6, 6.07) is 5.78. The van der Waals surface area contributed by atoms with Gasteiger partial charge in [0.2, 0.25) is 0 Å². The summed E-state index contributed by atoms with van der Waals surface area (Å²) in [6.45, 7) is 4.68. The molecule has 1 atom stereocenters. The molecule has 0 radical (unpaired) electrons. The number of rotatable bonds is 3. The molecule has 0 bridgehead atoms. The first-order valence-electron chi connectivity index (χ1n) is 7.11. The monoisotopic (exact) mass is 328 g/mol. The van der Waals surface area contributed by atoms with Crippen molar-refractivity contribution >= 4 is 12.4 Å². The first-order chi connectivity index (χ1) is 10.2. The van der Waals surface area contributed by atoms with Gasteiger partial charge in [-0.05, 0) is 30.7 Å². The average Bonchev–Trinajstić information content (AvgIpc) is 3.02. The van der Waals surface area contributed by atoms with Gasteiger partial charge in [-0.1, -0.05) is 6.07 Å². The molecule has 3 nitrogen and oxygen atoms in total. The van der Waals surface area contributed by atoms with Crippen molar-refractivity contribution in [1.82, 2.24) is 10.2 Å². The number of halogens is 3. The lowest BCUT2D eigenvalue weighted by atomic mass is 9.98.